The Bertz CT molecular complexity index is 949. The minimum absolute atomic E-state index is 0.134. The first-order valence-corrected chi connectivity index (χ1v) is 7.46. The molecule has 0 atom stereocenters. The predicted octanol–water partition coefficient (Wildman–Crippen LogP) is 4.54. The van der Waals surface area contributed by atoms with Crippen LogP contribution in [0.4, 0.5) is 0 Å². The number of rotatable bonds is 2. The van der Waals surface area contributed by atoms with Gasteiger partial charge in [-0.25, -0.2) is 0 Å². The highest BCUT2D eigenvalue weighted by atomic mass is 35.5. The minimum atomic E-state index is -0.357. The summed E-state index contributed by atoms with van der Waals surface area (Å²) in [6.07, 6.45) is 0. The van der Waals surface area contributed by atoms with Crippen LogP contribution in [-0.4, -0.2) is 4.98 Å². The third-order valence-electron chi connectivity index (χ3n) is 3.65. The quantitative estimate of drug-likeness (QED) is 0.753. The van der Waals surface area contributed by atoms with Crippen LogP contribution in [0.2, 0.25) is 5.02 Å². The molecule has 0 unspecified atom stereocenters. The van der Waals surface area contributed by atoms with Crippen molar-refractivity contribution in [3.8, 4) is 28.3 Å². The molecule has 0 spiro atoms. The molecule has 0 amide bonds. The average molecular weight is 321 g/mol. The lowest BCUT2D eigenvalue weighted by atomic mass is 9.98. The Morgan fingerprint density at radius 3 is 2.04 bits per heavy atom. The maximum Gasteiger partial charge on any atom is 0.266 e. The smallest absolute Gasteiger partial charge is 0.266 e. The lowest BCUT2D eigenvalue weighted by molar-refractivity contribution is 1.13. The number of aromatic amines is 1. The van der Waals surface area contributed by atoms with E-state index in [1.165, 1.54) is 0 Å². The summed E-state index contributed by atoms with van der Waals surface area (Å²) in [5, 5.41) is 9.92. The van der Waals surface area contributed by atoms with Crippen molar-refractivity contribution in [2.75, 3.05) is 0 Å². The molecule has 0 saturated heterocycles. The Hall–Kier alpha value is -2.83. The third kappa shape index (κ3) is 3.03. The zero-order valence-corrected chi connectivity index (χ0v) is 13.2. The van der Waals surface area contributed by atoms with Gasteiger partial charge >= 0.3 is 0 Å². The standard InChI is InChI=1S/C19H13ClN2O/c1-12-10-17(18(11-21)19(23)22-12)15-4-2-13(3-5-15)14-6-8-16(20)9-7-14/h2-10H,1H3,(H,22,23). The number of benzene rings is 2. The van der Waals surface area contributed by atoms with Crippen LogP contribution in [0.15, 0.2) is 59.4 Å². The number of halogens is 1. The Morgan fingerprint density at radius 2 is 1.48 bits per heavy atom. The molecule has 3 rings (SSSR count). The number of nitrogens with zero attached hydrogens (tertiary/aromatic N) is 1. The molecule has 112 valence electrons. The van der Waals surface area contributed by atoms with E-state index in [0.29, 0.717) is 10.6 Å². The van der Waals surface area contributed by atoms with Gasteiger partial charge in [0.2, 0.25) is 0 Å². The van der Waals surface area contributed by atoms with Crippen molar-refractivity contribution in [3.63, 3.8) is 0 Å². The van der Waals surface area contributed by atoms with E-state index in [-0.39, 0.29) is 11.1 Å². The van der Waals surface area contributed by atoms with E-state index in [4.69, 9.17) is 11.6 Å². The van der Waals surface area contributed by atoms with Gasteiger partial charge in [0.05, 0.1) is 0 Å². The molecule has 2 aromatic carbocycles. The largest absolute Gasteiger partial charge is 0.325 e. The van der Waals surface area contributed by atoms with Crippen LogP contribution in [0.1, 0.15) is 11.3 Å². The number of aryl methyl sites for hydroxylation is 1. The Balaban J connectivity index is 2.05. The van der Waals surface area contributed by atoms with Gasteiger partial charge in [0.1, 0.15) is 11.6 Å². The summed E-state index contributed by atoms with van der Waals surface area (Å²) in [5.74, 6) is 0. The van der Waals surface area contributed by atoms with Crippen molar-refractivity contribution in [2.24, 2.45) is 0 Å². The van der Waals surface area contributed by atoms with Crippen LogP contribution in [0.5, 0.6) is 0 Å². The number of nitriles is 1. The van der Waals surface area contributed by atoms with Gasteiger partial charge in [0, 0.05) is 16.3 Å². The van der Waals surface area contributed by atoms with Crippen LogP contribution in [0.3, 0.4) is 0 Å². The molecule has 3 nitrogen and oxygen atoms in total. The van der Waals surface area contributed by atoms with Gasteiger partial charge in [-0.1, -0.05) is 48.0 Å². The zero-order chi connectivity index (χ0) is 16.4. The zero-order valence-electron chi connectivity index (χ0n) is 12.4. The van der Waals surface area contributed by atoms with Crippen LogP contribution >= 0.6 is 11.6 Å². The van der Waals surface area contributed by atoms with Gasteiger partial charge in [-0.2, -0.15) is 5.26 Å². The fourth-order valence-electron chi connectivity index (χ4n) is 2.51. The Labute approximate surface area is 138 Å². The number of pyridine rings is 1. The van der Waals surface area contributed by atoms with Crippen molar-refractivity contribution in [2.45, 2.75) is 6.92 Å². The maximum absolute atomic E-state index is 11.9. The van der Waals surface area contributed by atoms with Crippen LogP contribution < -0.4 is 5.56 Å². The summed E-state index contributed by atoms with van der Waals surface area (Å²) in [5.41, 5.74) is 4.10. The number of nitrogens with one attached hydrogen (secondary N) is 1. The van der Waals surface area contributed by atoms with Gasteiger partial charge in [0.15, 0.2) is 0 Å². The van der Waals surface area contributed by atoms with E-state index in [0.717, 1.165) is 22.4 Å². The van der Waals surface area contributed by atoms with E-state index in [2.05, 4.69) is 4.98 Å². The number of aromatic nitrogens is 1. The van der Waals surface area contributed by atoms with Gasteiger partial charge < -0.3 is 4.98 Å². The Morgan fingerprint density at radius 1 is 0.957 bits per heavy atom. The summed E-state index contributed by atoms with van der Waals surface area (Å²) in [6.45, 7) is 1.80. The summed E-state index contributed by atoms with van der Waals surface area (Å²) in [6, 6.07) is 19.2. The monoisotopic (exact) mass is 320 g/mol. The third-order valence-corrected chi connectivity index (χ3v) is 3.91. The second-order valence-electron chi connectivity index (χ2n) is 5.27. The molecular weight excluding hydrogens is 308 g/mol. The van der Waals surface area contributed by atoms with E-state index in [1.54, 1.807) is 6.92 Å². The number of hydrogen-bond acceptors (Lipinski definition) is 2. The van der Waals surface area contributed by atoms with Gasteiger partial charge in [0.25, 0.3) is 5.56 Å². The van der Waals surface area contributed by atoms with Crippen molar-refractivity contribution in [1.29, 1.82) is 5.26 Å². The SMILES string of the molecule is Cc1cc(-c2ccc(-c3ccc(Cl)cc3)cc2)c(C#N)c(=O)[nH]1. The van der Waals surface area contributed by atoms with Crippen LogP contribution in [-0.2, 0) is 0 Å². The van der Waals surface area contributed by atoms with Crippen molar-refractivity contribution in [1.82, 2.24) is 4.98 Å². The minimum Gasteiger partial charge on any atom is -0.325 e. The topological polar surface area (TPSA) is 56.6 Å². The molecule has 0 radical (unpaired) electrons. The molecular formula is C19H13ClN2O. The van der Waals surface area contributed by atoms with Crippen molar-refractivity contribution >= 4 is 11.6 Å². The van der Waals surface area contributed by atoms with Gasteiger partial charge in [-0.05, 0) is 41.8 Å². The molecule has 1 N–H and O–H groups in total. The summed E-state index contributed by atoms with van der Waals surface area (Å²) in [4.78, 5) is 14.5. The molecule has 0 saturated carbocycles. The average Bonchev–Trinajstić information content (AvgIpc) is 2.55. The molecule has 3 aromatic rings. The normalized spacial score (nSPS) is 10.3. The highest BCUT2D eigenvalue weighted by Crippen LogP contribution is 2.27. The Kier molecular flexibility index (Phi) is 4.01. The molecule has 1 heterocycles. The van der Waals surface area contributed by atoms with Gasteiger partial charge in [-0.3, -0.25) is 4.79 Å². The maximum atomic E-state index is 11.9. The fourth-order valence-corrected chi connectivity index (χ4v) is 2.64. The number of hydrogen-bond donors (Lipinski definition) is 1. The molecule has 0 aliphatic rings. The highest BCUT2D eigenvalue weighted by molar-refractivity contribution is 6.30. The molecule has 0 fully saturated rings. The molecule has 0 aliphatic carbocycles. The summed E-state index contributed by atoms with van der Waals surface area (Å²) in [7, 11) is 0. The highest BCUT2D eigenvalue weighted by Gasteiger charge is 2.10. The molecule has 4 heteroatoms. The van der Waals surface area contributed by atoms with E-state index < -0.39 is 0 Å². The summed E-state index contributed by atoms with van der Waals surface area (Å²) < 4.78 is 0. The first kappa shape index (κ1) is 15.1. The second-order valence-corrected chi connectivity index (χ2v) is 5.70. The van der Waals surface area contributed by atoms with Crippen LogP contribution in [0.25, 0.3) is 22.3 Å². The molecule has 0 aliphatic heterocycles. The lowest BCUT2D eigenvalue weighted by Crippen LogP contribution is -2.12. The van der Waals surface area contributed by atoms with E-state index in [9.17, 15) is 10.1 Å². The van der Waals surface area contributed by atoms with Crippen molar-refractivity contribution < 1.29 is 0 Å². The first-order chi connectivity index (χ1) is 11.1. The van der Waals surface area contributed by atoms with Crippen LogP contribution in [0, 0.1) is 18.3 Å². The van der Waals surface area contributed by atoms with Crippen molar-refractivity contribution in [3.05, 3.63) is 81.2 Å². The first-order valence-electron chi connectivity index (χ1n) is 7.09. The summed E-state index contributed by atoms with van der Waals surface area (Å²) >= 11 is 5.90. The predicted molar refractivity (Wildman–Crippen MR) is 92.4 cm³/mol. The molecule has 1 aromatic heterocycles. The van der Waals surface area contributed by atoms with E-state index >= 15 is 0 Å². The molecule has 0 bridgehead atoms. The second kappa shape index (κ2) is 6.12. The number of H-pyrrole nitrogens is 1. The van der Waals surface area contributed by atoms with Gasteiger partial charge in [-0.15, -0.1) is 0 Å². The lowest BCUT2D eigenvalue weighted by Gasteiger charge is -2.07. The van der Waals surface area contributed by atoms with E-state index in [1.807, 2.05) is 60.7 Å². The fraction of sp³-hybridized carbons (Fsp3) is 0.0526. The molecule has 23 heavy (non-hydrogen) atoms.